The molecule has 2 atom stereocenters. The smallest absolute Gasteiger partial charge is 0.0336 e. The molecule has 0 saturated heterocycles. The summed E-state index contributed by atoms with van der Waals surface area (Å²) in [7, 11) is 0. The van der Waals surface area contributed by atoms with Crippen LogP contribution in [0.15, 0.2) is 24.1 Å². The Balaban J connectivity index is 2.12. The van der Waals surface area contributed by atoms with Crippen LogP contribution in [0.3, 0.4) is 0 Å². The number of hydrogen-bond acceptors (Lipinski definition) is 2. The van der Waals surface area contributed by atoms with Gasteiger partial charge in [-0.15, -0.1) is 17.9 Å². The van der Waals surface area contributed by atoms with Gasteiger partial charge < -0.3 is 5.32 Å². The largest absolute Gasteiger partial charge is 0.304 e. The van der Waals surface area contributed by atoms with Gasteiger partial charge in [-0.05, 0) is 43.2 Å². The molecule has 0 saturated carbocycles. The SMILES string of the molecule is C=CC(C)NC1CCCc2sccc21. The molecule has 1 aliphatic carbocycles. The molecule has 0 amide bonds. The first-order valence-electron chi connectivity index (χ1n) is 5.26. The van der Waals surface area contributed by atoms with Crippen LogP contribution >= 0.6 is 11.3 Å². The molecule has 14 heavy (non-hydrogen) atoms. The molecule has 2 rings (SSSR count). The van der Waals surface area contributed by atoms with Gasteiger partial charge in [-0.1, -0.05) is 6.08 Å². The predicted molar refractivity (Wildman–Crippen MR) is 62.8 cm³/mol. The summed E-state index contributed by atoms with van der Waals surface area (Å²) >= 11 is 1.90. The number of thiophene rings is 1. The van der Waals surface area contributed by atoms with Gasteiger partial charge in [0.05, 0.1) is 0 Å². The maximum absolute atomic E-state index is 3.81. The van der Waals surface area contributed by atoms with E-state index in [-0.39, 0.29) is 0 Å². The van der Waals surface area contributed by atoms with Gasteiger partial charge in [0.15, 0.2) is 0 Å². The van der Waals surface area contributed by atoms with Crippen molar-refractivity contribution in [2.24, 2.45) is 0 Å². The van der Waals surface area contributed by atoms with E-state index in [1.165, 1.54) is 24.8 Å². The van der Waals surface area contributed by atoms with Crippen molar-refractivity contribution in [2.45, 2.75) is 38.3 Å². The Morgan fingerprint density at radius 2 is 2.57 bits per heavy atom. The third-order valence-electron chi connectivity index (χ3n) is 2.87. The van der Waals surface area contributed by atoms with E-state index < -0.39 is 0 Å². The van der Waals surface area contributed by atoms with E-state index in [1.807, 2.05) is 17.4 Å². The van der Waals surface area contributed by atoms with Gasteiger partial charge in [-0.3, -0.25) is 0 Å². The maximum Gasteiger partial charge on any atom is 0.0336 e. The van der Waals surface area contributed by atoms with Gasteiger partial charge in [0.1, 0.15) is 0 Å². The molecule has 1 aromatic heterocycles. The molecule has 1 nitrogen and oxygen atoms in total. The quantitative estimate of drug-likeness (QED) is 0.750. The van der Waals surface area contributed by atoms with Crippen molar-refractivity contribution in [1.29, 1.82) is 0 Å². The Bertz CT molecular complexity index is 316. The van der Waals surface area contributed by atoms with Gasteiger partial charge in [-0.25, -0.2) is 0 Å². The molecule has 1 aliphatic rings. The van der Waals surface area contributed by atoms with Crippen LogP contribution in [0, 0.1) is 0 Å². The van der Waals surface area contributed by atoms with Crippen molar-refractivity contribution >= 4 is 11.3 Å². The van der Waals surface area contributed by atoms with Gasteiger partial charge in [0, 0.05) is 17.0 Å². The Morgan fingerprint density at radius 1 is 1.71 bits per heavy atom. The van der Waals surface area contributed by atoms with E-state index in [0.29, 0.717) is 12.1 Å². The summed E-state index contributed by atoms with van der Waals surface area (Å²) in [6.07, 6.45) is 5.82. The third kappa shape index (κ3) is 1.91. The second-order valence-corrected chi connectivity index (χ2v) is 4.94. The maximum atomic E-state index is 3.81. The zero-order chi connectivity index (χ0) is 9.97. The van der Waals surface area contributed by atoms with Crippen LogP contribution in [0.2, 0.25) is 0 Å². The van der Waals surface area contributed by atoms with Gasteiger partial charge in [0.25, 0.3) is 0 Å². The number of aryl methyl sites for hydroxylation is 1. The number of hydrogen-bond donors (Lipinski definition) is 1. The summed E-state index contributed by atoms with van der Waals surface area (Å²) in [5.41, 5.74) is 1.52. The van der Waals surface area contributed by atoms with E-state index in [9.17, 15) is 0 Å². The topological polar surface area (TPSA) is 12.0 Å². The Labute approximate surface area is 89.8 Å². The first kappa shape index (κ1) is 9.94. The Morgan fingerprint density at radius 3 is 3.36 bits per heavy atom. The van der Waals surface area contributed by atoms with Gasteiger partial charge >= 0.3 is 0 Å². The van der Waals surface area contributed by atoms with Crippen LogP contribution < -0.4 is 5.32 Å². The highest BCUT2D eigenvalue weighted by Crippen LogP contribution is 2.33. The molecule has 0 spiro atoms. The summed E-state index contributed by atoms with van der Waals surface area (Å²) < 4.78 is 0. The lowest BCUT2D eigenvalue weighted by atomic mass is 9.93. The molecule has 0 fully saturated rings. The minimum Gasteiger partial charge on any atom is -0.304 e. The van der Waals surface area contributed by atoms with Crippen molar-refractivity contribution in [2.75, 3.05) is 0 Å². The van der Waals surface area contributed by atoms with Crippen molar-refractivity contribution in [3.8, 4) is 0 Å². The van der Waals surface area contributed by atoms with Crippen LogP contribution in [0.4, 0.5) is 0 Å². The summed E-state index contributed by atoms with van der Waals surface area (Å²) in [6.45, 7) is 5.97. The molecular weight excluding hydrogens is 190 g/mol. The standard InChI is InChI=1S/C12H17NS/c1-3-9(2)13-11-5-4-6-12-10(11)7-8-14-12/h3,7-9,11,13H,1,4-6H2,2H3. The van der Waals surface area contributed by atoms with Crippen molar-refractivity contribution in [3.05, 3.63) is 34.5 Å². The van der Waals surface area contributed by atoms with Gasteiger partial charge in [0.2, 0.25) is 0 Å². The number of fused-ring (bicyclic) bond motifs is 1. The number of nitrogens with one attached hydrogen (secondary N) is 1. The van der Waals surface area contributed by atoms with Crippen molar-refractivity contribution < 1.29 is 0 Å². The highest BCUT2D eigenvalue weighted by molar-refractivity contribution is 7.10. The second kappa shape index (κ2) is 4.28. The summed E-state index contributed by atoms with van der Waals surface area (Å²) in [4.78, 5) is 1.57. The fraction of sp³-hybridized carbons (Fsp3) is 0.500. The van der Waals surface area contributed by atoms with Gasteiger partial charge in [-0.2, -0.15) is 0 Å². The van der Waals surface area contributed by atoms with E-state index in [2.05, 4.69) is 30.3 Å². The first-order valence-corrected chi connectivity index (χ1v) is 6.14. The Kier molecular flexibility index (Phi) is 3.04. The molecule has 0 aliphatic heterocycles. The summed E-state index contributed by atoms with van der Waals surface area (Å²) in [5, 5.41) is 5.81. The molecule has 0 radical (unpaired) electrons. The fourth-order valence-corrected chi connectivity index (χ4v) is 3.03. The molecule has 1 heterocycles. The lowest BCUT2D eigenvalue weighted by Gasteiger charge is -2.25. The predicted octanol–water partition coefficient (Wildman–Crippen LogP) is 3.29. The van der Waals surface area contributed by atoms with E-state index >= 15 is 0 Å². The fourth-order valence-electron chi connectivity index (χ4n) is 2.04. The van der Waals surface area contributed by atoms with E-state index in [4.69, 9.17) is 0 Å². The van der Waals surface area contributed by atoms with E-state index in [0.717, 1.165) is 0 Å². The highest BCUT2D eigenvalue weighted by atomic mass is 32.1. The lowest BCUT2D eigenvalue weighted by Crippen LogP contribution is -2.30. The van der Waals surface area contributed by atoms with Crippen LogP contribution in [0.1, 0.15) is 36.2 Å². The van der Waals surface area contributed by atoms with Crippen molar-refractivity contribution in [1.82, 2.24) is 5.32 Å². The minimum atomic E-state index is 0.408. The van der Waals surface area contributed by atoms with E-state index in [1.54, 1.807) is 4.88 Å². The average Bonchev–Trinajstić information content (AvgIpc) is 2.66. The average molecular weight is 207 g/mol. The Hall–Kier alpha value is -0.600. The lowest BCUT2D eigenvalue weighted by molar-refractivity contribution is 0.443. The molecular formula is C12H17NS. The zero-order valence-electron chi connectivity index (χ0n) is 8.62. The molecule has 2 unspecified atom stereocenters. The number of rotatable bonds is 3. The molecule has 76 valence electrons. The normalized spacial score (nSPS) is 22.8. The van der Waals surface area contributed by atoms with Crippen LogP contribution in [0.25, 0.3) is 0 Å². The summed E-state index contributed by atoms with van der Waals surface area (Å²) in [5.74, 6) is 0. The van der Waals surface area contributed by atoms with Crippen LogP contribution in [-0.2, 0) is 6.42 Å². The van der Waals surface area contributed by atoms with Crippen LogP contribution in [-0.4, -0.2) is 6.04 Å². The monoisotopic (exact) mass is 207 g/mol. The minimum absolute atomic E-state index is 0.408. The van der Waals surface area contributed by atoms with Crippen LogP contribution in [0.5, 0.6) is 0 Å². The highest BCUT2D eigenvalue weighted by Gasteiger charge is 2.21. The molecule has 1 aromatic rings. The summed E-state index contributed by atoms with van der Waals surface area (Å²) in [6, 6.07) is 3.23. The van der Waals surface area contributed by atoms with Crippen molar-refractivity contribution in [3.63, 3.8) is 0 Å². The zero-order valence-corrected chi connectivity index (χ0v) is 9.44. The second-order valence-electron chi connectivity index (χ2n) is 3.93. The first-order chi connectivity index (χ1) is 6.81. The molecule has 2 heteroatoms. The molecule has 1 N–H and O–H groups in total. The molecule has 0 bridgehead atoms. The third-order valence-corrected chi connectivity index (χ3v) is 3.87. The molecule has 0 aromatic carbocycles.